The zero-order valence-electron chi connectivity index (χ0n) is 22.2. The number of aliphatic hydroxyl groups excluding tert-OH is 2. The van der Waals surface area contributed by atoms with Crippen LogP contribution in [-0.2, 0) is 4.79 Å². The number of rotatable bonds is 1. The quantitative estimate of drug-likeness (QED) is 0.359. The van der Waals surface area contributed by atoms with Crippen molar-refractivity contribution in [3.8, 4) is 0 Å². The SMILES string of the molecule is CC1(C)CC(O)[C@]2(C=O)C(O)C[C@]3(C)C(=CC[C@@H]4[C@@]5(C)CCCC(C)(C)[C@@H]5CC[C@]43C)[C@@H]2C1. The van der Waals surface area contributed by atoms with E-state index in [1.165, 1.54) is 37.7 Å². The van der Waals surface area contributed by atoms with Gasteiger partial charge in [-0.25, -0.2) is 0 Å². The van der Waals surface area contributed by atoms with Crippen LogP contribution in [-0.4, -0.2) is 28.7 Å². The predicted molar refractivity (Wildman–Crippen MR) is 132 cm³/mol. The lowest BCUT2D eigenvalue weighted by Gasteiger charge is -2.71. The molecule has 4 fully saturated rings. The van der Waals surface area contributed by atoms with Crippen LogP contribution in [0.1, 0.15) is 106 Å². The summed E-state index contributed by atoms with van der Waals surface area (Å²) >= 11 is 0. The van der Waals surface area contributed by atoms with Gasteiger partial charge < -0.3 is 15.0 Å². The Bertz CT molecular complexity index is 872. The molecule has 0 bridgehead atoms. The van der Waals surface area contributed by atoms with E-state index >= 15 is 0 Å². The summed E-state index contributed by atoms with van der Waals surface area (Å²) in [5.74, 6) is 1.30. The zero-order valence-corrected chi connectivity index (χ0v) is 22.2. The highest BCUT2D eigenvalue weighted by Gasteiger charge is 2.70. The van der Waals surface area contributed by atoms with Crippen molar-refractivity contribution in [3.63, 3.8) is 0 Å². The maximum atomic E-state index is 12.7. The molecule has 2 unspecified atom stereocenters. The average Bonchev–Trinajstić information content (AvgIpc) is 2.67. The summed E-state index contributed by atoms with van der Waals surface area (Å²) in [7, 11) is 0. The van der Waals surface area contributed by atoms with Gasteiger partial charge in [0.2, 0.25) is 0 Å². The molecule has 0 aromatic carbocycles. The molecule has 4 saturated carbocycles. The maximum absolute atomic E-state index is 12.7. The minimum Gasteiger partial charge on any atom is -0.392 e. The fourth-order valence-corrected chi connectivity index (χ4v) is 10.9. The van der Waals surface area contributed by atoms with Crippen molar-refractivity contribution in [1.82, 2.24) is 0 Å². The molecule has 0 aromatic heterocycles. The first-order valence-corrected chi connectivity index (χ1v) is 13.7. The van der Waals surface area contributed by atoms with Gasteiger partial charge >= 0.3 is 0 Å². The van der Waals surface area contributed by atoms with E-state index in [1.807, 2.05) is 0 Å². The number of aliphatic hydroxyl groups is 2. The van der Waals surface area contributed by atoms with Crippen molar-refractivity contribution in [2.75, 3.05) is 0 Å². The van der Waals surface area contributed by atoms with E-state index in [-0.39, 0.29) is 22.2 Å². The number of allylic oxidation sites excluding steroid dienone is 2. The molecule has 2 N–H and O–H groups in total. The lowest BCUT2D eigenvalue weighted by molar-refractivity contribution is -0.213. The third-order valence-corrected chi connectivity index (χ3v) is 12.7. The summed E-state index contributed by atoms with van der Waals surface area (Å²) in [4.78, 5) is 12.7. The molecule has 3 nitrogen and oxygen atoms in total. The van der Waals surface area contributed by atoms with Crippen LogP contribution >= 0.6 is 0 Å². The molecule has 33 heavy (non-hydrogen) atoms. The fraction of sp³-hybridized carbons (Fsp3) is 0.900. The van der Waals surface area contributed by atoms with Crippen molar-refractivity contribution in [2.24, 2.45) is 50.2 Å². The van der Waals surface area contributed by atoms with Crippen LogP contribution in [0.3, 0.4) is 0 Å². The van der Waals surface area contributed by atoms with Crippen molar-refractivity contribution in [1.29, 1.82) is 0 Å². The standard InChI is InChI=1S/C30H48O3/c1-25(2)15-20-19-9-10-22-27(5)13-8-12-26(3,4)21(27)11-14-28(22,6)29(19,7)17-24(33)30(20,18-31)23(32)16-25/h9,18,20-24,32-33H,8,10-17H2,1-7H3/t20-,21-,22+,23?,24?,27-,28+,29+,30+/m0/s1. The third kappa shape index (κ3) is 2.85. The Hall–Kier alpha value is -0.670. The van der Waals surface area contributed by atoms with Gasteiger partial charge in [-0.1, -0.05) is 66.5 Å². The molecule has 0 radical (unpaired) electrons. The maximum Gasteiger partial charge on any atom is 0.131 e. The molecule has 5 aliphatic carbocycles. The number of aldehydes is 1. The van der Waals surface area contributed by atoms with E-state index in [0.29, 0.717) is 29.6 Å². The Morgan fingerprint density at radius 2 is 1.55 bits per heavy atom. The van der Waals surface area contributed by atoms with Gasteiger partial charge in [0, 0.05) is 0 Å². The third-order valence-electron chi connectivity index (χ3n) is 12.7. The molecule has 5 rings (SSSR count). The molecule has 0 heterocycles. The molecule has 0 aliphatic heterocycles. The predicted octanol–water partition coefficient (Wildman–Crippen LogP) is 6.32. The number of hydrogen-bond acceptors (Lipinski definition) is 3. The van der Waals surface area contributed by atoms with Crippen LogP contribution in [0, 0.1) is 50.2 Å². The normalized spacial score (nSPS) is 54.7. The van der Waals surface area contributed by atoms with E-state index in [0.717, 1.165) is 25.0 Å². The van der Waals surface area contributed by atoms with E-state index < -0.39 is 17.6 Å². The molecular weight excluding hydrogens is 408 g/mol. The van der Waals surface area contributed by atoms with E-state index in [2.05, 4.69) is 54.5 Å². The van der Waals surface area contributed by atoms with Gasteiger partial charge in [0.1, 0.15) is 6.29 Å². The number of hydrogen-bond donors (Lipinski definition) is 2. The summed E-state index contributed by atoms with van der Waals surface area (Å²) in [5, 5.41) is 22.9. The highest BCUT2D eigenvalue weighted by Crippen LogP contribution is 2.75. The van der Waals surface area contributed by atoms with Crippen LogP contribution in [0.25, 0.3) is 0 Å². The van der Waals surface area contributed by atoms with Gasteiger partial charge in [-0.05, 0) is 96.2 Å². The molecule has 5 aliphatic rings. The molecule has 0 saturated heterocycles. The smallest absolute Gasteiger partial charge is 0.131 e. The highest BCUT2D eigenvalue weighted by atomic mass is 16.3. The van der Waals surface area contributed by atoms with Gasteiger partial charge in [0.05, 0.1) is 17.6 Å². The van der Waals surface area contributed by atoms with Crippen LogP contribution in [0.5, 0.6) is 0 Å². The largest absolute Gasteiger partial charge is 0.392 e. The Kier molecular flexibility index (Phi) is 5.07. The molecule has 0 spiro atoms. The monoisotopic (exact) mass is 456 g/mol. The van der Waals surface area contributed by atoms with Crippen LogP contribution in [0.4, 0.5) is 0 Å². The summed E-state index contributed by atoms with van der Waals surface area (Å²) in [6.45, 7) is 17.0. The van der Waals surface area contributed by atoms with Crippen molar-refractivity contribution in [3.05, 3.63) is 11.6 Å². The first-order chi connectivity index (χ1) is 15.2. The lowest BCUT2D eigenvalue weighted by Crippen LogP contribution is -2.68. The molecule has 186 valence electrons. The summed E-state index contributed by atoms with van der Waals surface area (Å²) in [5.41, 5.74) is 1.02. The second-order valence-corrected chi connectivity index (χ2v) is 15.1. The number of carbonyl (C=O) groups is 1. The Morgan fingerprint density at radius 1 is 0.879 bits per heavy atom. The highest BCUT2D eigenvalue weighted by molar-refractivity contribution is 5.65. The summed E-state index contributed by atoms with van der Waals surface area (Å²) in [6, 6.07) is 0. The Morgan fingerprint density at radius 3 is 2.21 bits per heavy atom. The van der Waals surface area contributed by atoms with E-state index in [4.69, 9.17) is 0 Å². The van der Waals surface area contributed by atoms with Gasteiger partial charge in [-0.2, -0.15) is 0 Å². The van der Waals surface area contributed by atoms with E-state index in [9.17, 15) is 15.0 Å². The van der Waals surface area contributed by atoms with Crippen LogP contribution < -0.4 is 0 Å². The van der Waals surface area contributed by atoms with E-state index in [1.54, 1.807) is 0 Å². The summed E-state index contributed by atoms with van der Waals surface area (Å²) in [6.07, 6.45) is 11.5. The van der Waals surface area contributed by atoms with Crippen molar-refractivity contribution >= 4 is 6.29 Å². The molecule has 0 aromatic rings. The lowest BCUT2D eigenvalue weighted by atomic mass is 9.33. The van der Waals surface area contributed by atoms with Crippen LogP contribution in [0.2, 0.25) is 0 Å². The zero-order chi connectivity index (χ0) is 24.2. The van der Waals surface area contributed by atoms with Crippen LogP contribution in [0.15, 0.2) is 11.6 Å². The molecule has 9 atom stereocenters. The van der Waals surface area contributed by atoms with Gasteiger partial charge in [-0.3, -0.25) is 0 Å². The van der Waals surface area contributed by atoms with Gasteiger partial charge in [0.25, 0.3) is 0 Å². The molecular formula is C30H48O3. The van der Waals surface area contributed by atoms with Gasteiger partial charge in [0.15, 0.2) is 0 Å². The first-order valence-electron chi connectivity index (χ1n) is 13.7. The average molecular weight is 457 g/mol. The minimum absolute atomic E-state index is 0.0375. The fourth-order valence-electron chi connectivity index (χ4n) is 10.9. The molecule has 3 heteroatoms. The minimum atomic E-state index is -1.04. The second kappa shape index (κ2) is 6.96. The Labute approximate surface area is 201 Å². The van der Waals surface area contributed by atoms with Crippen molar-refractivity contribution < 1.29 is 15.0 Å². The Balaban J connectivity index is 1.64. The topological polar surface area (TPSA) is 57.5 Å². The van der Waals surface area contributed by atoms with Gasteiger partial charge in [-0.15, -0.1) is 0 Å². The van der Waals surface area contributed by atoms with Crippen molar-refractivity contribution in [2.45, 2.75) is 118 Å². The second-order valence-electron chi connectivity index (χ2n) is 15.1. The summed E-state index contributed by atoms with van der Waals surface area (Å²) < 4.78 is 0. The number of fused-ring (bicyclic) bond motifs is 7. The molecule has 0 amide bonds. The first kappa shape index (κ1) is 24.0. The number of carbonyl (C=O) groups excluding carboxylic acids is 1.